The molecule has 0 aliphatic rings. The maximum Gasteiger partial charge on any atom is 0.244 e. The molecule has 1 heterocycles. The van der Waals surface area contributed by atoms with E-state index in [1.54, 1.807) is 13.2 Å². The van der Waals surface area contributed by atoms with Gasteiger partial charge in [-0.3, -0.25) is 9.69 Å². The number of rotatable bonds is 4. The van der Waals surface area contributed by atoms with Crippen LogP contribution in [0.5, 0.6) is 0 Å². The lowest BCUT2D eigenvalue weighted by Gasteiger charge is -2.19. The third-order valence-corrected chi connectivity index (χ3v) is 3.79. The Morgan fingerprint density at radius 3 is 2.84 bits per heavy atom. The first kappa shape index (κ1) is 15.9. The first-order chi connectivity index (χ1) is 8.97. The summed E-state index contributed by atoms with van der Waals surface area (Å²) < 4.78 is 0.357. The van der Waals surface area contributed by atoms with Crippen molar-refractivity contribution in [3.8, 4) is 0 Å². The van der Waals surface area contributed by atoms with Gasteiger partial charge in [-0.15, -0.1) is 11.3 Å². The molecule has 0 radical (unpaired) electrons. The van der Waals surface area contributed by atoms with Crippen LogP contribution >= 0.6 is 34.7 Å². The quantitative estimate of drug-likeness (QED) is 0.367. The van der Waals surface area contributed by atoms with E-state index in [0.717, 1.165) is 16.6 Å². The summed E-state index contributed by atoms with van der Waals surface area (Å²) in [5.41, 5.74) is 0. The second kappa shape index (κ2) is 7.41. The van der Waals surface area contributed by atoms with Gasteiger partial charge in [-0.2, -0.15) is 0 Å². The molecule has 0 aliphatic heterocycles. The Morgan fingerprint density at radius 1 is 1.74 bits per heavy atom. The minimum atomic E-state index is -0.818. The van der Waals surface area contributed by atoms with E-state index in [2.05, 4.69) is 10.1 Å². The van der Waals surface area contributed by atoms with Gasteiger partial charge in [-0.05, 0) is 6.26 Å². The minimum absolute atomic E-state index is 0.0429. The lowest BCUT2D eigenvalue weighted by molar-refractivity contribution is -0.485. The van der Waals surface area contributed by atoms with E-state index >= 15 is 0 Å². The maximum atomic E-state index is 11.9. The largest absolute Gasteiger partial charge is 0.281 e. The molecule has 0 unspecified atom stereocenters. The first-order valence-corrected chi connectivity index (χ1v) is 7.57. The van der Waals surface area contributed by atoms with Gasteiger partial charge < -0.3 is 0 Å². The van der Waals surface area contributed by atoms with Crippen LogP contribution in [0.2, 0.25) is 4.47 Å². The number of hydrogen-bond acceptors (Lipinski definition) is 6. The summed E-state index contributed by atoms with van der Waals surface area (Å²) in [6.45, 7) is 1.85. The number of hydrogen-bond donors (Lipinski definition) is 0. The van der Waals surface area contributed by atoms with Gasteiger partial charge in [0.05, 0.1) is 11.6 Å². The molecule has 0 bridgehead atoms. The van der Waals surface area contributed by atoms with Gasteiger partial charge in [0, 0.05) is 17.5 Å². The fourth-order valence-corrected chi connectivity index (χ4v) is 2.74. The van der Waals surface area contributed by atoms with E-state index in [0.29, 0.717) is 4.47 Å². The monoisotopic (exact) mass is 322 g/mol. The number of hydrazone groups is 1. The average Bonchev–Trinajstić information content (AvgIpc) is 2.78. The van der Waals surface area contributed by atoms with Crippen LogP contribution in [0, 0.1) is 10.1 Å². The molecule has 0 saturated heterocycles. The van der Waals surface area contributed by atoms with Gasteiger partial charge in [0.1, 0.15) is 0 Å². The second-order valence-corrected chi connectivity index (χ2v) is 5.71. The van der Waals surface area contributed by atoms with E-state index in [9.17, 15) is 14.9 Å². The Morgan fingerprint density at radius 2 is 2.42 bits per heavy atom. The molecule has 0 spiro atoms. The van der Waals surface area contributed by atoms with Crippen molar-refractivity contribution in [2.45, 2.75) is 19.9 Å². The fraction of sp³-hybridized carbons (Fsp3) is 0.444. The molecule has 0 N–H and O–H groups in total. The molecule has 7 nitrogen and oxygen atoms in total. The molecule has 1 aromatic heterocycles. The van der Waals surface area contributed by atoms with E-state index < -0.39 is 5.03 Å². The predicted molar refractivity (Wildman–Crippen MR) is 75.9 cm³/mol. The summed E-state index contributed by atoms with van der Waals surface area (Å²) in [7, 11) is 0. The van der Waals surface area contributed by atoms with E-state index in [1.807, 2.05) is 0 Å². The lowest BCUT2D eigenvalue weighted by atomic mass is 10.4. The molecule has 10 heteroatoms. The number of carbonyl (C=O) groups excluding carboxylic acids is 1. The Bertz CT molecular complexity index is 505. The number of nitro groups is 1. The highest BCUT2D eigenvalue weighted by Gasteiger charge is 2.22. The van der Waals surface area contributed by atoms with Crippen molar-refractivity contribution in [3.63, 3.8) is 0 Å². The summed E-state index contributed by atoms with van der Waals surface area (Å²) in [6, 6.07) is 0. The van der Waals surface area contributed by atoms with Crippen molar-refractivity contribution < 1.29 is 9.83 Å². The van der Waals surface area contributed by atoms with Gasteiger partial charge in [0.2, 0.25) is 11.1 Å². The number of halogens is 1. The molecule has 1 aromatic rings. The zero-order valence-corrected chi connectivity index (χ0v) is 12.6. The van der Waals surface area contributed by atoms with Crippen molar-refractivity contribution in [1.29, 1.82) is 0 Å². The van der Waals surface area contributed by atoms with Gasteiger partial charge >= 0.3 is 0 Å². The van der Waals surface area contributed by atoms with Crippen LogP contribution in [0.15, 0.2) is 11.3 Å². The number of thiazole rings is 1. The van der Waals surface area contributed by atoms with Crippen LogP contribution in [0.4, 0.5) is 0 Å². The Labute approximate surface area is 122 Å². The molecule has 19 heavy (non-hydrogen) atoms. The normalized spacial score (nSPS) is 11.4. The average molecular weight is 323 g/mol. The highest BCUT2D eigenvalue weighted by Crippen LogP contribution is 2.21. The molecular weight excluding hydrogens is 312 g/mol. The predicted octanol–water partition coefficient (Wildman–Crippen LogP) is 2.45. The second-order valence-electron chi connectivity index (χ2n) is 3.24. The first-order valence-electron chi connectivity index (χ1n) is 5.15. The van der Waals surface area contributed by atoms with Crippen LogP contribution in [0.1, 0.15) is 18.2 Å². The number of aromatic nitrogens is 1. The van der Waals surface area contributed by atoms with Crippen molar-refractivity contribution >= 4 is 45.8 Å². The number of amides is 1. The number of nitrogens with zero attached hydrogens (tertiary/aromatic N) is 4. The zero-order chi connectivity index (χ0) is 14.4. The molecule has 0 atom stereocenters. The summed E-state index contributed by atoms with van der Waals surface area (Å²) in [5.74, 6) is -0.250. The topological polar surface area (TPSA) is 88.7 Å². The molecular formula is C9H11ClN4O3S2. The molecule has 1 amide bonds. The zero-order valence-electron chi connectivity index (χ0n) is 10.2. The standard InChI is InChI=1S/C9H11ClN4O3S2/c1-3-7(15)13(9(18-2)12-14(16)17)5-6-4-11-8(10)19-6/h4H,3,5H2,1-2H3. The smallest absolute Gasteiger partial charge is 0.244 e. The summed E-state index contributed by atoms with van der Waals surface area (Å²) in [4.78, 5) is 28.2. The van der Waals surface area contributed by atoms with Crippen LogP contribution < -0.4 is 0 Å². The van der Waals surface area contributed by atoms with Crippen molar-refractivity contribution in [3.05, 3.63) is 25.7 Å². The van der Waals surface area contributed by atoms with Crippen LogP contribution in [0.25, 0.3) is 0 Å². The fourth-order valence-electron chi connectivity index (χ4n) is 1.24. The highest BCUT2D eigenvalue weighted by atomic mass is 35.5. The van der Waals surface area contributed by atoms with Gasteiger partial charge in [-0.1, -0.05) is 30.3 Å². The summed E-state index contributed by atoms with van der Waals surface area (Å²) in [6.07, 6.45) is 3.38. The Hall–Kier alpha value is -1.19. The third-order valence-electron chi connectivity index (χ3n) is 2.02. The SMILES string of the molecule is CCC(=O)N(Cc1cnc(Cl)s1)C(=N[N+](=O)[O-])SC. The lowest BCUT2D eigenvalue weighted by Crippen LogP contribution is -2.34. The summed E-state index contributed by atoms with van der Waals surface area (Å²) >= 11 is 7.97. The van der Waals surface area contributed by atoms with E-state index in [1.165, 1.54) is 22.4 Å². The summed E-state index contributed by atoms with van der Waals surface area (Å²) in [5, 5.41) is 12.9. The van der Waals surface area contributed by atoms with Gasteiger partial charge in [0.15, 0.2) is 9.50 Å². The molecule has 0 aromatic carbocycles. The van der Waals surface area contributed by atoms with Crippen molar-refractivity contribution in [1.82, 2.24) is 9.88 Å². The number of thioether (sulfide) groups is 1. The van der Waals surface area contributed by atoms with Gasteiger partial charge in [-0.25, -0.2) is 15.1 Å². The van der Waals surface area contributed by atoms with Crippen LogP contribution in [0.3, 0.4) is 0 Å². The maximum absolute atomic E-state index is 11.9. The van der Waals surface area contributed by atoms with Crippen molar-refractivity contribution in [2.24, 2.45) is 5.10 Å². The van der Waals surface area contributed by atoms with Gasteiger partial charge in [0.25, 0.3) is 0 Å². The van der Waals surface area contributed by atoms with Crippen LogP contribution in [-0.4, -0.2) is 32.2 Å². The molecule has 1 rings (SSSR count). The van der Waals surface area contributed by atoms with Crippen molar-refractivity contribution in [2.75, 3.05) is 6.26 Å². The highest BCUT2D eigenvalue weighted by molar-refractivity contribution is 8.13. The minimum Gasteiger partial charge on any atom is -0.281 e. The number of carbonyl (C=O) groups is 1. The van der Waals surface area contributed by atoms with Crippen LogP contribution in [-0.2, 0) is 11.3 Å². The third kappa shape index (κ3) is 4.77. The molecule has 0 saturated carbocycles. The number of amidine groups is 1. The van der Waals surface area contributed by atoms with E-state index in [4.69, 9.17) is 11.6 Å². The molecule has 0 aliphatic carbocycles. The molecule has 0 fully saturated rings. The Balaban J connectivity index is 3.00. The Kier molecular flexibility index (Phi) is 6.19. The van der Waals surface area contributed by atoms with E-state index in [-0.39, 0.29) is 24.0 Å². The molecule has 104 valence electrons.